The lowest BCUT2D eigenvalue weighted by Crippen LogP contribution is -2.34. The molecule has 1 aliphatic heterocycles. The fraction of sp³-hybridized carbons (Fsp3) is 0.538. The summed E-state index contributed by atoms with van der Waals surface area (Å²) in [5.41, 5.74) is 1.33. The normalized spacial score (nSPS) is 17.6. The number of nitrogens with zero attached hydrogens (tertiary/aromatic N) is 3. The number of carbonyl (C=O) groups excluding carboxylic acids is 1. The minimum atomic E-state index is -0.0113. The summed E-state index contributed by atoms with van der Waals surface area (Å²) in [4.78, 5) is 20.6. The third kappa shape index (κ3) is 3.00. The molecule has 1 saturated heterocycles. The lowest BCUT2D eigenvalue weighted by atomic mass is 10.2. The summed E-state index contributed by atoms with van der Waals surface area (Å²) in [6.07, 6.45) is 2.58. The van der Waals surface area contributed by atoms with E-state index < -0.39 is 0 Å². The van der Waals surface area contributed by atoms with Crippen molar-refractivity contribution in [1.29, 1.82) is 0 Å². The van der Waals surface area contributed by atoms with Crippen molar-refractivity contribution in [2.75, 3.05) is 33.2 Å². The van der Waals surface area contributed by atoms with Gasteiger partial charge in [-0.3, -0.25) is 9.78 Å². The summed E-state index contributed by atoms with van der Waals surface area (Å²) in [6.45, 7) is 5.33. The molecule has 0 unspecified atom stereocenters. The Labute approximate surface area is 113 Å². The number of carbonyl (C=O) groups is 1. The molecule has 2 heterocycles. The van der Waals surface area contributed by atoms with Crippen molar-refractivity contribution < 1.29 is 4.79 Å². The van der Waals surface area contributed by atoms with Gasteiger partial charge in [0.2, 0.25) is 0 Å². The summed E-state index contributed by atoms with van der Waals surface area (Å²) in [6, 6.07) is 1.73. The maximum absolute atomic E-state index is 12.4. The smallest absolute Gasteiger partial charge is 0.256 e. The molecule has 1 aliphatic rings. The van der Waals surface area contributed by atoms with Crippen molar-refractivity contribution in [1.82, 2.24) is 14.8 Å². The number of likely N-dealkylation sites (N-methyl/N-ethyl adjacent to an activating group) is 1. The zero-order chi connectivity index (χ0) is 13.1. The van der Waals surface area contributed by atoms with E-state index in [0.29, 0.717) is 10.6 Å². The Bertz CT molecular complexity index is 450. The van der Waals surface area contributed by atoms with E-state index in [0.717, 1.165) is 38.3 Å². The van der Waals surface area contributed by atoms with Crippen LogP contribution in [0.4, 0.5) is 0 Å². The van der Waals surface area contributed by atoms with Crippen molar-refractivity contribution in [2.45, 2.75) is 13.3 Å². The van der Waals surface area contributed by atoms with Crippen LogP contribution in [0.5, 0.6) is 0 Å². The summed E-state index contributed by atoms with van der Waals surface area (Å²) in [7, 11) is 2.08. The largest absolute Gasteiger partial charge is 0.337 e. The van der Waals surface area contributed by atoms with Gasteiger partial charge in [0.05, 0.1) is 10.6 Å². The van der Waals surface area contributed by atoms with Gasteiger partial charge in [-0.2, -0.15) is 0 Å². The fourth-order valence-electron chi connectivity index (χ4n) is 2.10. The maximum atomic E-state index is 12.4. The summed E-state index contributed by atoms with van der Waals surface area (Å²) in [5.74, 6) is -0.0113. The number of aryl methyl sites for hydroxylation is 1. The SMILES string of the molecule is Cc1cc(Cl)c(C(=O)N2CCCN(C)CC2)cn1. The van der Waals surface area contributed by atoms with Gasteiger partial charge in [0, 0.05) is 31.5 Å². The molecule has 0 aliphatic carbocycles. The molecular weight excluding hydrogens is 250 g/mol. The molecule has 0 N–H and O–H groups in total. The third-order valence-corrected chi connectivity index (χ3v) is 3.54. The van der Waals surface area contributed by atoms with Gasteiger partial charge < -0.3 is 9.80 Å². The molecule has 0 bridgehead atoms. The highest BCUT2D eigenvalue weighted by atomic mass is 35.5. The Morgan fingerprint density at radius 1 is 1.33 bits per heavy atom. The van der Waals surface area contributed by atoms with Crippen LogP contribution >= 0.6 is 11.6 Å². The quantitative estimate of drug-likeness (QED) is 0.779. The number of halogens is 1. The maximum Gasteiger partial charge on any atom is 0.256 e. The van der Waals surface area contributed by atoms with Gasteiger partial charge in [0.15, 0.2) is 0 Å². The molecule has 1 aromatic heterocycles. The van der Waals surface area contributed by atoms with E-state index in [4.69, 9.17) is 11.6 Å². The second kappa shape index (κ2) is 5.67. The third-order valence-electron chi connectivity index (χ3n) is 3.23. The first-order valence-electron chi connectivity index (χ1n) is 6.18. The van der Waals surface area contributed by atoms with Crippen molar-refractivity contribution >= 4 is 17.5 Å². The van der Waals surface area contributed by atoms with Gasteiger partial charge in [0.1, 0.15) is 0 Å². The number of pyridine rings is 1. The zero-order valence-corrected chi connectivity index (χ0v) is 11.6. The molecule has 0 radical (unpaired) electrons. The first kappa shape index (κ1) is 13.3. The number of hydrogen-bond donors (Lipinski definition) is 0. The predicted molar refractivity (Wildman–Crippen MR) is 72.0 cm³/mol. The second-order valence-corrected chi connectivity index (χ2v) is 5.16. The molecule has 5 heteroatoms. The molecule has 2 rings (SSSR count). The average molecular weight is 268 g/mol. The topological polar surface area (TPSA) is 36.4 Å². The van der Waals surface area contributed by atoms with Crippen LogP contribution in [0.25, 0.3) is 0 Å². The van der Waals surface area contributed by atoms with Crippen LogP contribution in [0.3, 0.4) is 0 Å². The van der Waals surface area contributed by atoms with Crippen LogP contribution in [0.2, 0.25) is 5.02 Å². The van der Waals surface area contributed by atoms with Crippen LogP contribution < -0.4 is 0 Å². The summed E-state index contributed by atoms with van der Waals surface area (Å²) in [5, 5.41) is 0.491. The highest BCUT2D eigenvalue weighted by Crippen LogP contribution is 2.18. The highest BCUT2D eigenvalue weighted by molar-refractivity contribution is 6.33. The first-order valence-corrected chi connectivity index (χ1v) is 6.55. The zero-order valence-electron chi connectivity index (χ0n) is 10.8. The van der Waals surface area contributed by atoms with Crippen molar-refractivity contribution in [2.24, 2.45) is 0 Å². The number of aromatic nitrogens is 1. The van der Waals surface area contributed by atoms with Crippen LogP contribution in [0.1, 0.15) is 22.5 Å². The van der Waals surface area contributed by atoms with E-state index >= 15 is 0 Å². The number of hydrogen-bond acceptors (Lipinski definition) is 3. The molecule has 0 aromatic carbocycles. The first-order chi connectivity index (χ1) is 8.58. The molecule has 0 saturated carbocycles. The standard InChI is InChI=1S/C13H18ClN3O/c1-10-8-12(14)11(9-15-10)13(18)17-5-3-4-16(2)6-7-17/h8-9H,3-7H2,1-2H3. The minimum absolute atomic E-state index is 0.0113. The monoisotopic (exact) mass is 267 g/mol. The second-order valence-electron chi connectivity index (χ2n) is 4.75. The lowest BCUT2D eigenvalue weighted by Gasteiger charge is -2.21. The Morgan fingerprint density at radius 3 is 2.83 bits per heavy atom. The van der Waals surface area contributed by atoms with Crippen LogP contribution in [0, 0.1) is 6.92 Å². The van der Waals surface area contributed by atoms with Gasteiger partial charge in [0.25, 0.3) is 5.91 Å². The molecular formula is C13H18ClN3O. The average Bonchev–Trinajstić information content (AvgIpc) is 2.53. The van der Waals surface area contributed by atoms with Crippen LogP contribution in [-0.2, 0) is 0 Å². The van der Waals surface area contributed by atoms with Gasteiger partial charge in [-0.15, -0.1) is 0 Å². The molecule has 0 spiro atoms. The van der Waals surface area contributed by atoms with Gasteiger partial charge >= 0.3 is 0 Å². The van der Waals surface area contributed by atoms with Gasteiger partial charge in [-0.1, -0.05) is 11.6 Å². The summed E-state index contributed by atoms with van der Waals surface area (Å²) >= 11 is 6.12. The lowest BCUT2D eigenvalue weighted by molar-refractivity contribution is 0.0762. The van der Waals surface area contributed by atoms with Crippen molar-refractivity contribution in [3.63, 3.8) is 0 Å². The number of rotatable bonds is 1. The molecule has 1 aromatic rings. The molecule has 98 valence electrons. The predicted octanol–water partition coefficient (Wildman–Crippen LogP) is 1.82. The van der Waals surface area contributed by atoms with Crippen LogP contribution in [-0.4, -0.2) is 53.9 Å². The molecule has 1 amide bonds. The Balaban J connectivity index is 2.15. The fourth-order valence-corrected chi connectivity index (χ4v) is 2.39. The minimum Gasteiger partial charge on any atom is -0.337 e. The Hall–Kier alpha value is -1.13. The van der Waals surface area contributed by atoms with Crippen molar-refractivity contribution in [3.05, 3.63) is 28.5 Å². The highest BCUT2D eigenvalue weighted by Gasteiger charge is 2.21. The Kier molecular flexibility index (Phi) is 4.19. The van der Waals surface area contributed by atoms with Crippen molar-refractivity contribution in [3.8, 4) is 0 Å². The Morgan fingerprint density at radius 2 is 2.11 bits per heavy atom. The van der Waals surface area contributed by atoms with E-state index in [9.17, 15) is 4.79 Å². The van der Waals surface area contributed by atoms with E-state index in [2.05, 4.69) is 16.9 Å². The van der Waals surface area contributed by atoms with E-state index in [1.807, 2.05) is 11.8 Å². The molecule has 1 fully saturated rings. The molecule has 0 atom stereocenters. The van der Waals surface area contributed by atoms with Gasteiger partial charge in [-0.05, 0) is 33.0 Å². The summed E-state index contributed by atoms with van der Waals surface area (Å²) < 4.78 is 0. The number of amides is 1. The van der Waals surface area contributed by atoms with Crippen LogP contribution in [0.15, 0.2) is 12.3 Å². The van der Waals surface area contributed by atoms with Gasteiger partial charge in [-0.25, -0.2) is 0 Å². The molecule has 4 nitrogen and oxygen atoms in total. The molecule has 18 heavy (non-hydrogen) atoms. The van der Waals surface area contributed by atoms with E-state index in [-0.39, 0.29) is 5.91 Å². The van der Waals surface area contributed by atoms with E-state index in [1.54, 1.807) is 12.3 Å². The van der Waals surface area contributed by atoms with E-state index in [1.165, 1.54) is 0 Å².